The molecule has 0 fully saturated rings. The molecule has 0 aromatic rings. The van der Waals surface area contributed by atoms with E-state index in [2.05, 4.69) is 96.9 Å². The molecule has 0 rings (SSSR count). The molecule has 38 heavy (non-hydrogen) atoms. The van der Waals surface area contributed by atoms with Gasteiger partial charge in [0.25, 0.3) is 0 Å². The summed E-state index contributed by atoms with van der Waals surface area (Å²) >= 11 is -6.22. The van der Waals surface area contributed by atoms with Crippen molar-refractivity contribution in [1.82, 2.24) is 0 Å². The minimum atomic E-state index is -3.11. The van der Waals surface area contributed by atoms with E-state index in [0.717, 1.165) is 22.3 Å². The van der Waals surface area contributed by atoms with Crippen molar-refractivity contribution in [1.29, 1.82) is 0 Å². The molecule has 0 aromatic heterocycles. The SMILES string of the molecule is CCCCC[CH2][Ti]([O]C(C)C)([O]C(C)C)[O]C(C)C.CCCCC[CH2][Ti]([O]C(C)C)([O]C(C)C)[O]C(C)C. The van der Waals surface area contributed by atoms with E-state index in [1.54, 1.807) is 0 Å². The van der Waals surface area contributed by atoms with Crippen molar-refractivity contribution in [2.75, 3.05) is 0 Å². The van der Waals surface area contributed by atoms with Crippen molar-refractivity contribution in [3.8, 4) is 0 Å². The first-order chi connectivity index (χ1) is 17.6. The van der Waals surface area contributed by atoms with E-state index in [9.17, 15) is 0 Å². The fourth-order valence-electron chi connectivity index (χ4n) is 4.21. The average Bonchev–Trinajstić information content (AvgIpc) is 2.72. The maximum absolute atomic E-state index is 6.18. The fourth-order valence-corrected chi connectivity index (χ4v) is 14.7. The van der Waals surface area contributed by atoms with Gasteiger partial charge in [0.15, 0.2) is 0 Å². The van der Waals surface area contributed by atoms with Gasteiger partial charge in [-0.05, 0) is 0 Å². The Hall–Kier alpha value is 1.19. The summed E-state index contributed by atoms with van der Waals surface area (Å²) in [5.41, 5.74) is 0. The third-order valence-corrected chi connectivity index (χ3v) is 16.0. The number of unbranched alkanes of at least 4 members (excludes halogenated alkanes) is 6. The fraction of sp³-hybridized carbons (Fsp3) is 1.00. The third kappa shape index (κ3) is 23.9. The van der Waals surface area contributed by atoms with Crippen LogP contribution >= 0.6 is 0 Å². The van der Waals surface area contributed by atoms with Gasteiger partial charge in [0.05, 0.1) is 0 Å². The van der Waals surface area contributed by atoms with Gasteiger partial charge in [-0.1, -0.05) is 0 Å². The molecule has 0 heterocycles. The zero-order chi connectivity index (χ0) is 29.8. The molecular formula is C30H68O6Ti2. The molecule has 232 valence electrons. The van der Waals surface area contributed by atoms with Crippen LogP contribution in [0.5, 0.6) is 0 Å². The van der Waals surface area contributed by atoms with Crippen LogP contribution in [0.1, 0.15) is 148 Å². The summed E-state index contributed by atoms with van der Waals surface area (Å²) in [7, 11) is 0. The van der Waals surface area contributed by atoms with Crippen molar-refractivity contribution < 1.29 is 55.4 Å². The van der Waals surface area contributed by atoms with Crippen LogP contribution in [-0.2, 0) is 55.4 Å². The number of hydrogen-bond donors (Lipinski definition) is 0. The Bertz CT molecular complexity index is 428. The van der Waals surface area contributed by atoms with Crippen LogP contribution in [0.4, 0.5) is 0 Å². The second-order valence-corrected chi connectivity index (χ2v) is 20.0. The first kappa shape index (κ1) is 41.3. The van der Waals surface area contributed by atoms with Crippen LogP contribution in [-0.4, -0.2) is 36.6 Å². The first-order valence-electron chi connectivity index (χ1n) is 15.7. The van der Waals surface area contributed by atoms with Gasteiger partial charge in [0.1, 0.15) is 0 Å². The van der Waals surface area contributed by atoms with E-state index in [1.165, 1.54) is 38.5 Å². The van der Waals surface area contributed by atoms with Crippen molar-refractivity contribution in [3.05, 3.63) is 0 Å². The molecule has 0 aliphatic heterocycles. The third-order valence-electron chi connectivity index (χ3n) is 5.16. The molecule has 0 saturated carbocycles. The molecule has 0 N–H and O–H groups in total. The summed E-state index contributed by atoms with van der Waals surface area (Å²) < 4.78 is 39.1. The summed E-state index contributed by atoms with van der Waals surface area (Å²) in [6, 6.07) is 0. The number of rotatable bonds is 22. The van der Waals surface area contributed by atoms with Crippen LogP contribution in [0.25, 0.3) is 0 Å². The Morgan fingerprint density at radius 1 is 0.342 bits per heavy atom. The Morgan fingerprint density at radius 2 is 0.553 bits per heavy atom. The molecule has 0 aliphatic carbocycles. The van der Waals surface area contributed by atoms with Gasteiger partial charge in [-0.25, -0.2) is 0 Å². The van der Waals surface area contributed by atoms with Gasteiger partial charge in [-0.2, -0.15) is 0 Å². The molecule has 8 heteroatoms. The molecule has 0 spiro atoms. The van der Waals surface area contributed by atoms with E-state index in [4.69, 9.17) is 19.9 Å². The summed E-state index contributed by atoms with van der Waals surface area (Å²) in [5, 5.41) is 0. The standard InChI is InChI=1S/2C6H13.6C3H7O.2Ti/c2*1-3-5-6-4-2;6*1-3(2)4;;/h2*1,3-6H2,2H3;6*3H,1-2H3;;/q;;6*-1;2*+3. The van der Waals surface area contributed by atoms with Crippen LogP contribution in [0.3, 0.4) is 0 Å². The molecule has 0 amide bonds. The van der Waals surface area contributed by atoms with Crippen LogP contribution in [0.2, 0.25) is 9.45 Å². The molecule has 0 aromatic carbocycles. The summed E-state index contributed by atoms with van der Waals surface area (Å²) in [6.07, 6.45) is 10.9. The van der Waals surface area contributed by atoms with Gasteiger partial charge >= 0.3 is 250 Å². The van der Waals surface area contributed by atoms with Crippen LogP contribution < -0.4 is 0 Å². The Labute approximate surface area is 248 Å². The van der Waals surface area contributed by atoms with Gasteiger partial charge in [-0.15, -0.1) is 0 Å². The monoisotopic (exact) mass is 620 g/mol. The van der Waals surface area contributed by atoms with Crippen LogP contribution in [0.15, 0.2) is 0 Å². The predicted molar refractivity (Wildman–Crippen MR) is 155 cm³/mol. The molecule has 0 saturated heterocycles. The Morgan fingerprint density at radius 3 is 0.711 bits per heavy atom. The minimum absolute atomic E-state index is 0.170. The zero-order valence-electron chi connectivity index (χ0n) is 28.0. The van der Waals surface area contributed by atoms with E-state index < -0.39 is 35.5 Å². The quantitative estimate of drug-likeness (QED) is 0.0887. The predicted octanol–water partition coefficient (Wildman–Crippen LogP) is 10.3. The van der Waals surface area contributed by atoms with E-state index >= 15 is 0 Å². The van der Waals surface area contributed by atoms with Crippen molar-refractivity contribution in [2.45, 2.75) is 194 Å². The van der Waals surface area contributed by atoms with Gasteiger partial charge in [0.2, 0.25) is 0 Å². The van der Waals surface area contributed by atoms with Gasteiger partial charge < -0.3 is 0 Å². The molecule has 6 nitrogen and oxygen atoms in total. The van der Waals surface area contributed by atoms with Crippen molar-refractivity contribution in [3.63, 3.8) is 0 Å². The van der Waals surface area contributed by atoms with Gasteiger partial charge in [-0.3, -0.25) is 0 Å². The first-order valence-corrected chi connectivity index (χ1v) is 21.7. The molecule has 0 bridgehead atoms. The second kappa shape index (κ2) is 23.7. The van der Waals surface area contributed by atoms with E-state index in [1.807, 2.05) is 0 Å². The normalized spacial score (nSPS) is 12.9. The Kier molecular flexibility index (Phi) is 25.8. The molecule has 0 atom stereocenters. The molecular weight excluding hydrogens is 552 g/mol. The Balaban J connectivity index is 0. The van der Waals surface area contributed by atoms with Gasteiger partial charge in [0, 0.05) is 0 Å². The topological polar surface area (TPSA) is 55.4 Å². The van der Waals surface area contributed by atoms with Crippen LogP contribution in [0, 0.1) is 0 Å². The van der Waals surface area contributed by atoms with E-state index in [-0.39, 0.29) is 36.6 Å². The zero-order valence-corrected chi connectivity index (χ0v) is 31.1. The number of hydrogen-bond acceptors (Lipinski definition) is 6. The van der Waals surface area contributed by atoms with Crippen molar-refractivity contribution in [2.24, 2.45) is 0 Å². The molecule has 0 radical (unpaired) electrons. The second-order valence-electron chi connectivity index (χ2n) is 12.0. The molecule has 0 aliphatic rings. The van der Waals surface area contributed by atoms with Crippen molar-refractivity contribution >= 4 is 0 Å². The van der Waals surface area contributed by atoms with E-state index in [0.29, 0.717) is 0 Å². The maximum atomic E-state index is 6.18. The summed E-state index contributed by atoms with van der Waals surface area (Å²) in [6.45, 7) is 29.3. The summed E-state index contributed by atoms with van der Waals surface area (Å²) in [5.74, 6) is 0. The summed E-state index contributed by atoms with van der Waals surface area (Å²) in [4.78, 5) is 0. The average molecular weight is 621 g/mol. The molecule has 0 unspecified atom stereocenters.